The molecular formula is C16H20N2O3S. The molecule has 0 fully saturated rings. The Kier molecular flexibility index (Phi) is 5.15. The minimum Gasteiger partial charge on any atom is -0.278 e. The van der Waals surface area contributed by atoms with E-state index in [1.165, 1.54) is 0 Å². The van der Waals surface area contributed by atoms with Crippen molar-refractivity contribution in [1.82, 2.24) is 10.3 Å². The van der Waals surface area contributed by atoms with Gasteiger partial charge in [-0.25, -0.2) is 8.42 Å². The highest BCUT2D eigenvalue weighted by molar-refractivity contribution is 7.89. The number of sulfonamides is 1. The number of carbonyl (C=O) groups is 1. The van der Waals surface area contributed by atoms with Gasteiger partial charge in [-0.1, -0.05) is 43.7 Å². The van der Waals surface area contributed by atoms with E-state index in [9.17, 15) is 13.2 Å². The summed E-state index contributed by atoms with van der Waals surface area (Å²) in [6.45, 7) is 3.90. The summed E-state index contributed by atoms with van der Waals surface area (Å²) in [5.41, 5.74) is 3.26. The van der Waals surface area contributed by atoms with Gasteiger partial charge in [0.2, 0.25) is 5.91 Å². The van der Waals surface area contributed by atoms with Gasteiger partial charge in [0, 0.05) is 11.8 Å². The topological polar surface area (TPSA) is 75.3 Å². The predicted molar refractivity (Wildman–Crippen MR) is 86.7 cm³/mol. The number of nitrogens with one attached hydrogen (secondary N) is 2. The van der Waals surface area contributed by atoms with E-state index in [0.29, 0.717) is 11.8 Å². The third-order valence-electron chi connectivity index (χ3n) is 3.47. The van der Waals surface area contributed by atoms with Crippen LogP contribution in [-0.2, 0) is 14.8 Å². The first-order valence-electron chi connectivity index (χ1n) is 7.24. The number of aryl methyl sites for hydroxylation is 1. The van der Waals surface area contributed by atoms with E-state index < -0.39 is 10.0 Å². The van der Waals surface area contributed by atoms with Crippen LogP contribution in [0.25, 0.3) is 10.8 Å². The fourth-order valence-electron chi connectivity index (χ4n) is 2.24. The van der Waals surface area contributed by atoms with Crippen LogP contribution in [0.2, 0.25) is 0 Å². The van der Waals surface area contributed by atoms with Gasteiger partial charge >= 0.3 is 0 Å². The Balaban J connectivity index is 2.27. The van der Waals surface area contributed by atoms with Crippen molar-refractivity contribution in [2.24, 2.45) is 0 Å². The molecule has 0 aromatic heterocycles. The summed E-state index contributed by atoms with van der Waals surface area (Å²) < 4.78 is 24.8. The Morgan fingerprint density at radius 1 is 1.09 bits per heavy atom. The highest BCUT2D eigenvalue weighted by Gasteiger charge is 2.18. The van der Waals surface area contributed by atoms with Gasteiger partial charge in [0.25, 0.3) is 10.0 Å². The van der Waals surface area contributed by atoms with Crippen LogP contribution in [0.4, 0.5) is 0 Å². The number of benzene rings is 2. The molecule has 2 aromatic carbocycles. The third kappa shape index (κ3) is 3.64. The Morgan fingerprint density at radius 3 is 2.45 bits per heavy atom. The molecule has 1 amide bonds. The van der Waals surface area contributed by atoms with E-state index in [1.54, 1.807) is 24.3 Å². The molecule has 0 heterocycles. The van der Waals surface area contributed by atoms with Crippen molar-refractivity contribution in [3.8, 4) is 0 Å². The maximum Gasteiger partial charge on any atom is 0.257 e. The second-order valence-electron chi connectivity index (χ2n) is 5.18. The number of rotatable bonds is 6. The van der Waals surface area contributed by atoms with Crippen molar-refractivity contribution in [3.05, 3.63) is 42.0 Å². The van der Waals surface area contributed by atoms with Gasteiger partial charge in [0.05, 0.1) is 4.90 Å². The minimum atomic E-state index is -3.81. The van der Waals surface area contributed by atoms with Crippen molar-refractivity contribution in [3.63, 3.8) is 0 Å². The molecule has 0 spiro atoms. The minimum absolute atomic E-state index is 0.157. The quantitative estimate of drug-likeness (QED) is 0.804. The zero-order valence-electron chi connectivity index (χ0n) is 12.7. The Bertz CT molecular complexity index is 785. The molecule has 0 bridgehead atoms. The maximum absolute atomic E-state index is 12.4. The maximum atomic E-state index is 12.4. The van der Waals surface area contributed by atoms with Crippen LogP contribution in [0.3, 0.4) is 0 Å². The van der Waals surface area contributed by atoms with E-state index in [2.05, 4.69) is 10.3 Å². The van der Waals surface area contributed by atoms with Crippen LogP contribution < -0.4 is 10.3 Å². The molecule has 0 unspecified atom stereocenters. The van der Waals surface area contributed by atoms with E-state index >= 15 is 0 Å². The summed E-state index contributed by atoms with van der Waals surface area (Å²) in [5, 5.41) is 1.51. The van der Waals surface area contributed by atoms with Crippen LogP contribution in [0.5, 0.6) is 0 Å². The molecule has 0 aliphatic carbocycles. The molecule has 6 heteroatoms. The lowest BCUT2D eigenvalue weighted by Gasteiger charge is -2.11. The van der Waals surface area contributed by atoms with Crippen LogP contribution in [-0.4, -0.2) is 14.3 Å². The molecule has 0 aliphatic heterocycles. The predicted octanol–water partition coefficient (Wildman–Crippen LogP) is 2.65. The van der Waals surface area contributed by atoms with Gasteiger partial charge in [-0.15, -0.1) is 4.83 Å². The highest BCUT2D eigenvalue weighted by Crippen LogP contribution is 2.25. The molecule has 2 aromatic rings. The number of amides is 1. The SMILES string of the molecule is CCCCC(=O)NNS(=O)(=O)c1ccc(C)c2ccccc12. The van der Waals surface area contributed by atoms with Crippen LogP contribution in [0.15, 0.2) is 41.3 Å². The standard InChI is InChI=1S/C16H20N2O3S/c1-3-4-9-16(19)17-18-22(20,21)15-11-10-12(2)13-7-5-6-8-14(13)15/h5-8,10-11,18H,3-4,9H2,1-2H3,(H,17,19). The summed E-state index contributed by atoms with van der Waals surface area (Å²) in [7, 11) is -3.81. The first-order valence-corrected chi connectivity index (χ1v) is 8.73. The molecule has 5 nitrogen and oxygen atoms in total. The summed E-state index contributed by atoms with van der Waals surface area (Å²) in [6.07, 6.45) is 1.90. The molecule has 0 atom stereocenters. The van der Waals surface area contributed by atoms with E-state index in [4.69, 9.17) is 0 Å². The Labute approximate surface area is 130 Å². The summed E-state index contributed by atoms with van der Waals surface area (Å²) in [6, 6.07) is 10.6. The fourth-order valence-corrected chi connectivity index (χ4v) is 3.31. The number of hydrogen-bond acceptors (Lipinski definition) is 3. The lowest BCUT2D eigenvalue weighted by molar-refractivity contribution is -0.121. The Hall–Kier alpha value is -1.92. The van der Waals surface area contributed by atoms with Gasteiger partial charge in [0.15, 0.2) is 0 Å². The number of fused-ring (bicyclic) bond motifs is 1. The van der Waals surface area contributed by atoms with E-state index in [-0.39, 0.29) is 10.8 Å². The fraction of sp³-hybridized carbons (Fsp3) is 0.312. The largest absolute Gasteiger partial charge is 0.278 e. The zero-order chi connectivity index (χ0) is 16.2. The van der Waals surface area contributed by atoms with Crippen molar-refractivity contribution >= 4 is 26.7 Å². The Morgan fingerprint density at radius 2 is 1.77 bits per heavy atom. The monoisotopic (exact) mass is 320 g/mol. The highest BCUT2D eigenvalue weighted by atomic mass is 32.2. The normalized spacial score (nSPS) is 11.5. The van der Waals surface area contributed by atoms with Gasteiger partial charge in [0.1, 0.15) is 0 Å². The van der Waals surface area contributed by atoms with Crippen LogP contribution in [0, 0.1) is 6.92 Å². The average molecular weight is 320 g/mol. The molecule has 2 rings (SSSR count). The van der Waals surface area contributed by atoms with Crippen molar-refractivity contribution in [2.45, 2.75) is 38.0 Å². The zero-order valence-corrected chi connectivity index (χ0v) is 13.5. The number of hydrazine groups is 1. The summed E-state index contributed by atoms with van der Waals surface area (Å²) in [5.74, 6) is -0.332. The number of hydrogen-bond donors (Lipinski definition) is 2. The van der Waals surface area contributed by atoms with E-state index in [0.717, 1.165) is 23.8 Å². The first kappa shape index (κ1) is 16.5. The molecule has 0 saturated heterocycles. The van der Waals surface area contributed by atoms with Crippen LogP contribution in [0.1, 0.15) is 31.7 Å². The van der Waals surface area contributed by atoms with E-state index in [1.807, 2.05) is 26.0 Å². The smallest absolute Gasteiger partial charge is 0.257 e. The average Bonchev–Trinajstić information content (AvgIpc) is 2.51. The molecule has 118 valence electrons. The van der Waals surface area contributed by atoms with Gasteiger partial charge < -0.3 is 0 Å². The molecular weight excluding hydrogens is 300 g/mol. The molecule has 22 heavy (non-hydrogen) atoms. The molecule has 0 aliphatic rings. The molecule has 0 saturated carbocycles. The number of carbonyl (C=O) groups excluding carboxylic acids is 1. The second kappa shape index (κ2) is 6.89. The van der Waals surface area contributed by atoms with Gasteiger partial charge in [-0.3, -0.25) is 10.2 Å². The van der Waals surface area contributed by atoms with Gasteiger partial charge in [-0.05, 0) is 30.4 Å². The number of unbranched alkanes of at least 4 members (excludes halogenated alkanes) is 1. The second-order valence-corrected chi connectivity index (χ2v) is 6.83. The lowest BCUT2D eigenvalue weighted by atomic mass is 10.1. The van der Waals surface area contributed by atoms with Crippen LogP contribution >= 0.6 is 0 Å². The molecule has 2 N–H and O–H groups in total. The van der Waals surface area contributed by atoms with Crippen molar-refractivity contribution < 1.29 is 13.2 Å². The first-order chi connectivity index (χ1) is 10.5. The third-order valence-corrected chi connectivity index (χ3v) is 4.78. The molecule has 0 radical (unpaired) electrons. The van der Waals surface area contributed by atoms with Gasteiger partial charge in [-0.2, -0.15) is 0 Å². The summed E-state index contributed by atoms with van der Waals surface area (Å²) >= 11 is 0. The van der Waals surface area contributed by atoms with Crippen molar-refractivity contribution in [1.29, 1.82) is 0 Å². The summed E-state index contributed by atoms with van der Waals surface area (Å²) in [4.78, 5) is 13.9. The van der Waals surface area contributed by atoms with Crippen molar-refractivity contribution in [2.75, 3.05) is 0 Å². The lowest BCUT2D eigenvalue weighted by Crippen LogP contribution is -2.41.